The highest BCUT2D eigenvalue weighted by molar-refractivity contribution is 7.12. The summed E-state index contributed by atoms with van der Waals surface area (Å²) in [6.45, 7) is 2.08. The van der Waals surface area contributed by atoms with Gasteiger partial charge in [-0.15, -0.1) is 11.3 Å². The summed E-state index contributed by atoms with van der Waals surface area (Å²) in [5.74, 6) is -0.426. The predicted octanol–water partition coefficient (Wildman–Crippen LogP) is 0.986. The second kappa shape index (κ2) is 7.21. The minimum atomic E-state index is -0.380. The van der Waals surface area contributed by atoms with Gasteiger partial charge in [0.05, 0.1) is 18.4 Å². The van der Waals surface area contributed by atoms with Crippen molar-refractivity contribution in [2.75, 3.05) is 33.3 Å². The van der Waals surface area contributed by atoms with Crippen LogP contribution in [0.1, 0.15) is 22.5 Å². The molecule has 0 bridgehead atoms. The molecule has 2 rings (SSSR count). The van der Waals surface area contributed by atoms with Crippen molar-refractivity contribution in [3.8, 4) is 0 Å². The average molecular weight is 310 g/mol. The van der Waals surface area contributed by atoms with E-state index in [4.69, 9.17) is 0 Å². The lowest BCUT2D eigenvalue weighted by molar-refractivity contribution is -0.143. The van der Waals surface area contributed by atoms with Gasteiger partial charge in [0.1, 0.15) is 0 Å². The molecule has 2 amide bonds. The molecule has 114 valence electrons. The monoisotopic (exact) mass is 310 g/mol. The summed E-state index contributed by atoms with van der Waals surface area (Å²) in [5.41, 5.74) is 0. The second-order valence-electron chi connectivity index (χ2n) is 4.73. The maximum Gasteiger partial charge on any atom is 0.306 e. The molecule has 0 N–H and O–H groups in total. The highest BCUT2D eigenvalue weighted by Crippen LogP contribution is 2.14. The third-order valence-corrected chi connectivity index (χ3v) is 4.28. The van der Waals surface area contributed by atoms with E-state index in [0.717, 1.165) is 4.88 Å². The third kappa shape index (κ3) is 4.04. The molecule has 1 aromatic rings. The lowest BCUT2D eigenvalue weighted by Gasteiger charge is -2.34. The van der Waals surface area contributed by atoms with Crippen LogP contribution in [-0.2, 0) is 14.3 Å². The summed E-state index contributed by atoms with van der Waals surface area (Å²) in [5, 5.41) is 1.87. The van der Waals surface area contributed by atoms with E-state index in [9.17, 15) is 14.4 Å². The number of thiophene rings is 1. The third-order valence-electron chi connectivity index (χ3n) is 3.42. The first-order chi connectivity index (χ1) is 10.1. The number of hydrogen-bond acceptors (Lipinski definition) is 5. The minimum Gasteiger partial charge on any atom is -0.469 e. The lowest BCUT2D eigenvalue weighted by atomic mass is 10.2. The molecule has 7 heteroatoms. The molecule has 1 aliphatic rings. The van der Waals surface area contributed by atoms with Gasteiger partial charge in [0.25, 0.3) is 5.91 Å². The number of methoxy groups -OCH3 is 1. The Balaban J connectivity index is 1.79. The van der Waals surface area contributed by atoms with E-state index in [1.807, 2.05) is 11.4 Å². The lowest BCUT2D eigenvalue weighted by Crippen LogP contribution is -2.50. The van der Waals surface area contributed by atoms with Gasteiger partial charge in [-0.3, -0.25) is 14.4 Å². The van der Waals surface area contributed by atoms with E-state index in [-0.39, 0.29) is 30.6 Å². The van der Waals surface area contributed by atoms with Crippen molar-refractivity contribution >= 4 is 29.1 Å². The maximum atomic E-state index is 12.2. The number of nitrogens with zero attached hydrogens (tertiary/aromatic N) is 2. The molecule has 2 heterocycles. The van der Waals surface area contributed by atoms with E-state index in [2.05, 4.69) is 4.74 Å². The Morgan fingerprint density at radius 3 is 2.38 bits per heavy atom. The summed E-state index contributed by atoms with van der Waals surface area (Å²) in [4.78, 5) is 39.3. The summed E-state index contributed by atoms with van der Waals surface area (Å²) in [6, 6.07) is 3.66. The molecule has 1 fully saturated rings. The van der Waals surface area contributed by atoms with Crippen LogP contribution in [0.25, 0.3) is 0 Å². The molecule has 0 spiro atoms. The number of esters is 1. The molecule has 0 aromatic carbocycles. The Morgan fingerprint density at radius 2 is 1.81 bits per heavy atom. The number of carbonyl (C=O) groups excluding carboxylic acids is 3. The molecule has 1 saturated heterocycles. The number of hydrogen-bond donors (Lipinski definition) is 0. The first-order valence-corrected chi connectivity index (χ1v) is 7.67. The number of amides is 2. The fraction of sp³-hybridized carbons (Fsp3) is 0.500. The summed E-state index contributed by atoms with van der Waals surface area (Å²) in [6.07, 6.45) is 0.259. The van der Waals surface area contributed by atoms with Crippen LogP contribution in [0.3, 0.4) is 0 Å². The zero-order valence-corrected chi connectivity index (χ0v) is 12.7. The van der Waals surface area contributed by atoms with Crippen LogP contribution in [0.2, 0.25) is 0 Å². The molecule has 0 unspecified atom stereocenters. The van der Waals surface area contributed by atoms with Gasteiger partial charge in [-0.1, -0.05) is 6.07 Å². The minimum absolute atomic E-state index is 0.0201. The van der Waals surface area contributed by atoms with Gasteiger partial charge in [-0.25, -0.2) is 0 Å². The molecule has 0 atom stereocenters. The second-order valence-corrected chi connectivity index (χ2v) is 5.67. The van der Waals surface area contributed by atoms with E-state index < -0.39 is 0 Å². The van der Waals surface area contributed by atoms with Crippen molar-refractivity contribution in [3.05, 3.63) is 22.4 Å². The fourth-order valence-electron chi connectivity index (χ4n) is 2.18. The zero-order valence-electron chi connectivity index (χ0n) is 11.9. The van der Waals surface area contributed by atoms with Crippen LogP contribution >= 0.6 is 11.3 Å². The average Bonchev–Trinajstić information content (AvgIpc) is 3.06. The van der Waals surface area contributed by atoms with E-state index in [1.165, 1.54) is 18.4 Å². The molecule has 0 aliphatic carbocycles. The number of carbonyl (C=O) groups is 3. The number of rotatable bonds is 4. The first-order valence-electron chi connectivity index (χ1n) is 6.79. The highest BCUT2D eigenvalue weighted by Gasteiger charge is 2.25. The number of ether oxygens (including phenoxy) is 1. The van der Waals surface area contributed by atoms with Crippen LogP contribution in [0.4, 0.5) is 0 Å². The van der Waals surface area contributed by atoms with Gasteiger partial charge in [-0.2, -0.15) is 0 Å². The van der Waals surface area contributed by atoms with Crippen molar-refractivity contribution in [3.63, 3.8) is 0 Å². The Hall–Kier alpha value is -1.89. The molecule has 6 nitrogen and oxygen atoms in total. The van der Waals surface area contributed by atoms with Crippen molar-refractivity contribution in [1.82, 2.24) is 9.80 Å². The van der Waals surface area contributed by atoms with Crippen molar-refractivity contribution in [2.45, 2.75) is 12.8 Å². The summed E-state index contributed by atoms with van der Waals surface area (Å²) >= 11 is 1.42. The smallest absolute Gasteiger partial charge is 0.306 e. The SMILES string of the molecule is COC(=O)CCC(=O)N1CCN(C(=O)c2cccs2)CC1. The quantitative estimate of drug-likeness (QED) is 0.778. The molecule has 1 aromatic heterocycles. The van der Waals surface area contributed by atoms with Gasteiger partial charge in [0, 0.05) is 32.6 Å². The zero-order chi connectivity index (χ0) is 15.2. The number of piperazine rings is 1. The highest BCUT2D eigenvalue weighted by atomic mass is 32.1. The van der Waals surface area contributed by atoms with Gasteiger partial charge in [-0.05, 0) is 11.4 Å². The first kappa shape index (κ1) is 15.5. The van der Waals surface area contributed by atoms with Gasteiger partial charge in [0.15, 0.2) is 0 Å². The maximum absolute atomic E-state index is 12.2. The van der Waals surface area contributed by atoms with Crippen LogP contribution in [0.15, 0.2) is 17.5 Å². The van der Waals surface area contributed by atoms with Gasteiger partial charge in [0.2, 0.25) is 5.91 Å². The largest absolute Gasteiger partial charge is 0.469 e. The van der Waals surface area contributed by atoms with Crippen molar-refractivity contribution in [1.29, 1.82) is 0 Å². The van der Waals surface area contributed by atoms with Gasteiger partial charge < -0.3 is 14.5 Å². The summed E-state index contributed by atoms with van der Waals surface area (Å²) < 4.78 is 4.52. The Morgan fingerprint density at radius 1 is 1.14 bits per heavy atom. The van der Waals surface area contributed by atoms with Crippen LogP contribution in [0, 0.1) is 0 Å². The topological polar surface area (TPSA) is 66.9 Å². The normalized spacial score (nSPS) is 14.9. The molecule has 0 radical (unpaired) electrons. The Labute approximate surface area is 127 Å². The van der Waals surface area contributed by atoms with Crippen molar-refractivity contribution in [2.24, 2.45) is 0 Å². The molecular weight excluding hydrogens is 292 g/mol. The standard InChI is InChI=1S/C14H18N2O4S/c1-20-13(18)5-4-12(17)15-6-8-16(9-7-15)14(19)11-3-2-10-21-11/h2-3,10H,4-9H2,1H3. The van der Waals surface area contributed by atoms with Crippen LogP contribution in [-0.4, -0.2) is 60.9 Å². The van der Waals surface area contributed by atoms with E-state index in [0.29, 0.717) is 26.2 Å². The Kier molecular flexibility index (Phi) is 5.32. The van der Waals surface area contributed by atoms with Crippen LogP contribution in [0.5, 0.6) is 0 Å². The molecule has 1 aliphatic heterocycles. The van der Waals surface area contributed by atoms with Crippen molar-refractivity contribution < 1.29 is 19.1 Å². The summed E-state index contributed by atoms with van der Waals surface area (Å²) in [7, 11) is 1.31. The predicted molar refractivity (Wildman–Crippen MR) is 78.1 cm³/mol. The molecule has 21 heavy (non-hydrogen) atoms. The molecular formula is C14H18N2O4S. The Bertz CT molecular complexity index is 507. The van der Waals surface area contributed by atoms with Crippen LogP contribution < -0.4 is 0 Å². The van der Waals surface area contributed by atoms with Gasteiger partial charge >= 0.3 is 5.97 Å². The van der Waals surface area contributed by atoms with E-state index >= 15 is 0 Å². The fourth-order valence-corrected chi connectivity index (χ4v) is 2.87. The molecule has 0 saturated carbocycles. The van der Waals surface area contributed by atoms with E-state index in [1.54, 1.807) is 15.9 Å².